The van der Waals surface area contributed by atoms with Gasteiger partial charge in [-0.15, -0.1) is 0 Å². The summed E-state index contributed by atoms with van der Waals surface area (Å²) in [6.45, 7) is 2.60. The van der Waals surface area contributed by atoms with Gasteiger partial charge in [-0.25, -0.2) is 4.79 Å². The molecule has 2 aromatic rings. The minimum absolute atomic E-state index is 0.0387. The lowest BCUT2D eigenvalue weighted by Crippen LogP contribution is -2.35. The molecule has 4 rings (SSSR count). The zero-order valence-electron chi connectivity index (χ0n) is 16.6. The average Bonchev–Trinajstić information content (AvgIpc) is 3.40. The number of anilines is 1. The van der Waals surface area contributed by atoms with Crippen LogP contribution in [0.2, 0.25) is 0 Å². The molecule has 1 N–H and O–H groups in total. The van der Waals surface area contributed by atoms with Crippen LogP contribution < -0.4 is 19.7 Å². The Morgan fingerprint density at radius 1 is 1.17 bits per heavy atom. The number of nitrogens with zero attached hydrogens (tertiary/aromatic N) is 1. The molecule has 8 heteroatoms. The molecule has 156 valence electrons. The summed E-state index contributed by atoms with van der Waals surface area (Å²) in [6, 6.07) is 12.1. The molecule has 30 heavy (non-hydrogen) atoms. The van der Waals surface area contributed by atoms with Crippen LogP contribution in [0.5, 0.6) is 11.5 Å². The van der Waals surface area contributed by atoms with Crippen molar-refractivity contribution in [1.82, 2.24) is 5.32 Å². The number of ether oxygens (including phenoxy) is 3. The van der Waals surface area contributed by atoms with Crippen LogP contribution in [0, 0.1) is 0 Å². The molecule has 0 spiro atoms. The molecular formula is C22H22N2O6. The molecule has 0 bridgehead atoms. The van der Waals surface area contributed by atoms with Crippen molar-refractivity contribution < 1.29 is 28.6 Å². The Hall–Kier alpha value is -3.55. The number of esters is 1. The summed E-state index contributed by atoms with van der Waals surface area (Å²) in [5.41, 5.74) is 1.79. The third-order valence-corrected chi connectivity index (χ3v) is 5.02. The highest BCUT2D eigenvalue weighted by atomic mass is 16.7. The second-order valence-corrected chi connectivity index (χ2v) is 7.15. The van der Waals surface area contributed by atoms with Gasteiger partial charge in [0.2, 0.25) is 12.7 Å². The van der Waals surface area contributed by atoms with Gasteiger partial charge in [0.25, 0.3) is 5.91 Å². The summed E-state index contributed by atoms with van der Waals surface area (Å²) in [5.74, 6) is 0.320. The summed E-state index contributed by atoms with van der Waals surface area (Å²) in [4.78, 5) is 38.4. The number of hydrogen-bond donors (Lipinski definition) is 1. The Balaban J connectivity index is 1.33. The van der Waals surface area contributed by atoms with Gasteiger partial charge in [0.1, 0.15) is 0 Å². The van der Waals surface area contributed by atoms with Crippen molar-refractivity contribution in [3.05, 3.63) is 53.6 Å². The maximum absolute atomic E-state index is 12.5. The highest BCUT2D eigenvalue weighted by molar-refractivity contribution is 5.98. The van der Waals surface area contributed by atoms with E-state index in [0.29, 0.717) is 35.7 Å². The van der Waals surface area contributed by atoms with E-state index in [1.165, 1.54) is 6.92 Å². The topological polar surface area (TPSA) is 94.2 Å². The number of carbonyl (C=O) groups excluding carboxylic acids is 3. The van der Waals surface area contributed by atoms with Crippen molar-refractivity contribution in [3.8, 4) is 11.5 Å². The SMILES string of the molecule is C[C@H](OC(=O)c1cccc(N2CCCC2=O)c1)C(=O)NCc1ccc2c(c1)OCO2. The lowest BCUT2D eigenvalue weighted by molar-refractivity contribution is -0.129. The first-order chi connectivity index (χ1) is 14.5. The van der Waals surface area contributed by atoms with Gasteiger partial charge in [0.15, 0.2) is 17.6 Å². The third-order valence-electron chi connectivity index (χ3n) is 5.02. The van der Waals surface area contributed by atoms with E-state index in [1.54, 1.807) is 41.3 Å². The van der Waals surface area contributed by atoms with Crippen LogP contribution in [0.4, 0.5) is 5.69 Å². The van der Waals surface area contributed by atoms with Crippen molar-refractivity contribution >= 4 is 23.5 Å². The number of amides is 2. The highest BCUT2D eigenvalue weighted by Crippen LogP contribution is 2.32. The van der Waals surface area contributed by atoms with E-state index in [1.807, 2.05) is 6.07 Å². The Labute approximate surface area is 173 Å². The smallest absolute Gasteiger partial charge is 0.338 e. The van der Waals surface area contributed by atoms with E-state index in [-0.39, 0.29) is 19.2 Å². The normalized spacial score (nSPS) is 15.8. The Morgan fingerprint density at radius 2 is 2.00 bits per heavy atom. The molecule has 1 fully saturated rings. The van der Waals surface area contributed by atoms with E-state index in [9.17, 15) is 14.4 Å². The summed E-state index contributed by atoms with van der Waals surface area (Å²) in [6.07, 6.45) is 0.340. The van der Waals surface area contributed by atoms with Crippen LogP contribution in [0.3, 0.4) is 0 Å². The quantitative estimate of drug-likeness (QED) is 0.735. The molecule has 2 heterocycles. The van der Waals surface area contributed by atoms with E-state index in [0.717, 1.165) is 12.0 Å². The maximum Gasteiger partial charge on any atom is 0.338 e. The summed E-state index contributed by atoms with van der Waals surface area (Å²) >= 11 is 0. The van der Waals surface area contributed by atoms with Crippen molar-refractivity contribution in [1.29, 1.82) is 0 Å². The van der Waals surface area contributed by atoms with Gasteiger partial charge in [-0.05, 0) is 49.2 Å². The first-order valence-electron chi connectivity index (χ1n) is 9.79. The predicted octanol–water partition coefficient (Wildman–Crippen LogP) is 2.40. The monoisotopic (exact) mass is 410 g/mol. The van der Waals surface area contributed by atoms with Crippen molar-refractivity contribution in [2.45, 2.75) is 32.4 Å². The minimum Gasteiger partial charge on any atom is -0.454 e. The molecule has 2 aromatic carbocycles. The lowest BCUT2D eigenvalue weighted by Gasteiger charge is -2.17. The van der Waals surface area contributed by atoms with Gasteiger partial charge < -0.3 is 24.4 Å². The first kappa shape index (κ1) is 19.8. The van der Waals surface area contributed by atoms with Crippen LogP contribution >= 0.6 is 0 Å². The van der Waals surface area contributed by atoms with E-state index in [2.05, 4.69) is 5.32 Å². The van der Waals surface area contributed by atoms with Crippen LogP contribution in [0.15, 0.2) is 42.5 Å². The summed E-state index contributed by atoms with van der Waals surface area (Å²) < 4.78 is 15.9. The molecule has 8 nitrogen and oxygen atoms in total. The molecule has 0 unspecified atom stereocenters. The fourth-order valence-corrected chi connectivity index (χ4v) is 3.39. The Kier molecular flexibility index (Phi) is 5.56. The Morgan fingerprint density at radius 3 is 2.80 bits per heavy atom. The highest BCUT2D eigenvalue weighted by Gasteiger charge is 2.24. The van der Waals surface area contributed by atoms with Gasteiger partial charge in [0, 0.05) is 25.2 Å². The average molecular weight is 410 g/mol. The van der Waals surface area contributed by atoms with Gasteiger partial charge in [-0.2, -0.15) is 0 Å². The van der Waals surface area contributed by atoms with E-state index < -0.39 is 18.0 Å². The molecule has 2 aliphatic heterocycles. The standard InChI is InChI=1S/C22H22N2O6/c1-14(21(26)23-12-15-7-8-18-19(10-15)29-13-28-18)30-22(27)16-4-2-5-17(11-16)24-9-3-6-20(24)25/h2,4-5,7-8,10-11,14H,3,6,9,12-13H2,1H3,(H,23,26)/t14-/m0/s1. The van der Waals surface area contributed by atoms with Crippen molar-refractivity contribution in [2.24, 2.45) is 0 Å². The fraction of sp³-hybridized carbons (Fsp3) is 0.318. The second kappa shape index (κ2) is 8.44. The van der Waals surface area contributed by atoms with Crippen molar-refractivity contribution in [3.63, 3.8) is 0 Å². The van der Waals surface area contributed by atoms with Crippen LogP contribution in [-0.2, 0) is 20.9 Å². The molecule has 0 saturated carbocycles. The molecule has 1 saturated heterocycles. The number of fused-ring (bicyclic) bond motifs is 1. The van der Waals surface area contributed by atoms with Gasteiger partial charge in [-0.3, -0.25) is 9.59 Å². The first-order valence-corrected chi connectivity index (χ1v) is 9.79. The number of nitrogens with one attached hydrogen (secondary N) is 1. The third kappa shape index (κ3) is 4.22. The summed E-state index contributed by atoms with van der Waals surface area (Å²) in [7, 11) is 0. The number of benzene rings is 2. The second-order valence-electron chi connectivity index (χ2n) is 7.15. The van der Waals surface area contributed by atoms with E-state index in [4.69, 9.17) is 14.2 Å². The molecule has 0 radical (unpaired) electrons. The zero-order chi connectivity index (χ0) is 21.1. The van der Waals surface area contributed by atoms with Crippen molar-refractivity contribution in [2.75, 3.05) is 18.2 Å². The Bertz CT molecular complexity index is 989. The summed E-state index contributed by atoms with van der Waals surface area (Å²) in [5, 5.41) is 2.74. The van der Waals surface area contributed by atoms with E-state index >= 15 is 0 Å². The molecule has 0 aliphatic carbocycles. The largest absolute Gasteiger partial charge is 0.454 e. The van der Waals surface area contributed by atoms with Crippen LogP contribution in [0.1, 0.15) is 35.7 Å². The number of rotatable bonds is 6. The fourth-order valence-electron chi connectivity index (χ4n) is 3.39. The molecular weight excluding hydrogens is 388 g/mol. The minimum atomic E-state index is -0.969. The maximum atomic E-state index is 12.5. The van der Waals surface area contributed by atoms with Gasteiger partial charge in [-0.1, -0.05) is 12.1 Å². The predicted molar refractivity (Wildman–Crippen MR) is 107 cm³/mol. The molecule has 1 atom stereocenters. The number of hydrogen-bond acceptors (Lipinski definition) is 6. The number of carbonyl (C=O) groups is 3. The van der Waals surface area contributed by atoms with Gasteiger partial charge in [0.05, 0.1) is 5.56 Å². The molecule has 2 amide bonds. The zero-order valence-corrected chi connectivity index (χ0v) is 16.6. The van der Waals surface area contributed by atoms with Crippen LogP contribution in [-0.4, -0.2) is 37.2 Å². The lowest BCUT2D eigenvalue weighted by atomic mass is 10.2. The molecule has 0 aromatic heterocycles. The van der Waals surface area contributed by atoms with Gasteiger partial charge >= 0.3 is 5.97 Å². The van der Waals surface area contributed by atoms with Crippen LogP contribution in [0.25, 0.3) is 0 Å². The molecule has 2 aliphatic rings.